The molecule has 0 radical (unpaired) electrons. The summed E-state index contributed by atoms with van der Waals surface area (Å²) >= 11 is 0. The van der Waals surface area contributed by atoms with Crippen LogP contribution >= 0.6 is 0 Å². The molecule has 0 saturated carbocycles. The van der Waals surface area contributed by atoms with Gasteiger partial charge in [0.1, 0.15) is 0 Å². The van der Waals surface area contributed by atoms with Crippen molar-refractivity contribution < 1.29 is 0 Å². The number of rotatable bonds is 0. The second-order valence-electron chi connectivity index (χ2n) is 2.23. The molecule has 2 nitrogen and oxygen atoms in total. The molecule has 0 aliphatic carbocycles. The van der Waals surface area contributed by atoms with Crippen LogP contribution in [0.3, 0.4) is 0 Å². The predicted molar refractivity (Wildman–Crippen MR) is 42.9 cm³/mol. The highest BCUT2D eigenvalue weighted by molar-refractivity contribution is 7.77. The maximum absolute atomic E-state index is 4.35. The zero-order valence-electron chi connectivity index (χ0n) is 5.92. The van der Waals surface area contributed by atoms with Crippen LogP contribution in [-0.2, 0) is 10.1 Å². The highest BCUT2D eigenvalue weighted by Gasteiger charge is 1.88. The Labute approximate surface area is 57.7 Å². The minimum atomic E-state index is -0.0297. The van der Waals surface area contributed by atoms with Crippen molar-refractivity contribution in [1.82, 2.24) is 0 Å². The lowest BCUT2D eigenvalue weighted by molar-refractivity contribution is 0.846. The van der Waals surface area contributed by atoms with Crippen molar-refractivity contribution in [2.75, 3.05) is 13.1 Å². The zero-order chi connectivity index (χ0) is 6.69. The summed E-state index contributed by atoms with van der Waals surface area (Å²) in [6.07, 6.45) is 1.15. The highest BCUT2D eigenvalue weighted by Crippen LogP contribution is 1.91. The van der Waals surface area contributed by atoms with Crippen LogP contribution in [0.2, 0.25) is 0 Å². The van der Waals surface area contributed by atoms with Crippen LogP contribution in [-0.4, -0.2) is 18.0 Å². The minimum Gasteiger partial charge on any atom is -0.224 e. The van der Waals surface area contributed by atoms with E-state index in [-0.39, 0.29) is 10.1 Å². The maximum Gasteiger partial charge on any atom is 0.0536 e. The first-order valence-electron chi connectivity index (χ1n) is 3.20. The second-order valence-corrected chi connectivity index (χ2v) is 4.09. The third-order valence-electron chi connectivity index (χ3n) is 1.11. The molecule has 0 spiro atoms. The summed E-state index contributed by atoms with van der Waals surface area (Å²) < 4.78 is 8.71. The van der Waals surface area contributed by atoms with E-state index in [0.29, 0.717) is 0 Å². The first-order chi connectivity index (χ1) is 4.30. The normalized spacial score (nSPS) is 18.2. The Morgan fingerprint density at radius 2 is 1.78 bits per heavy atom. The summed E-state index contributed by atoms with van der Waals surface area (Å²) in [6.45, 7) is 6.22. The summed E-state index contributed by atoms with van der Waals surface area (Å²) in [5.74, 6) is 0. The summed E-state index contributed by atoms with van der Waals surface area (Å²) in [6, 6.07) is 0. The molecule has 3 heteroatoms. The van der Waals surface area contributed by atoms with Crippen LogP contribution in [0.15, 0.2) is 8.73 Å². The molecule has 1 aliphatic rings. The van der Waals surface area contributed by atoms with Crippen LogP contribution in [0.1, 0.15) is 20.3 Å². The van der Waals surface area contributed by atoms with Crippen LogP contribution in [0, 0.1) is 0 Å². The second kappa shape index (κ2) is 3.01. The van der Waals surface area contributed by atoms with Crippen molar-refractivity contribution in [3.63, 3.8) is 0 Å². The molecule has 0 saturated heterocycles. The van der Waals surface area contributed by atoms with Gasteiger partial charge in [-0.1, -0.05) is 0 Å². The Hall–Kier alpha value is -0.310. The van der Waals surface area contributed by atoms with Gasteiger partial charge in [-0.2, -0.15) is 0 Å². The van der Waals surface area contributed by atoms with Gasteiger partial charge in [-0.3, -0.25) is 0 Å². The lowest BCUT2D eigenvalue weighted by Gasteiger charge is -1.96. The van der Waals surface area contributed by atoms with Gasteiger partial charge < -0.3 is 0 Å². The van der Waals surface area contributed by atoms with E-state index in [0.717, 1.165) is 19.5 Å². The van der Waals surface area contributed by atoms with Gasteiger partial charge in [-0.25, -0.2) is 8.73 Å². The molecular weight excluding hydrogens is 132 g/mol. The zero-order valence-corrected chi connectivity index (χ0v) is 6.74. The third-order valence-corrected chi connectivity index (χ3v) is 2.69. The molecule has 52 valence electrons. The molecule has 0 aromatic carbocycles. The van der Waals surface area contributed by atoms with E-state index in [9.17, 15) is 0 Å². The molecule has 0 fully saturated rings. The van der Waals surface area contributed by atoms with Crippen molar-refractivity contribution in [3.8, 4) is 0 Å². The Morgan fingerprint density at radius 1 is 1.22 bits per heavy atom. The van der Waals surface area contributed by atoms with Gasteiger partial charge in [0.2, 0.25) is 0 Å². The van der Waals surface area contributed by atoms with Crippen molar-refractivity contribution >= 4 is 14.9 Å². The Bertz CT molecular complexity index is 216. The Morgan fingerprint density at radius 3 is 2.11 bits per heavy atom. The van der Waals surface area contributed by atoms with E-state index in [1.807, 2.05) is 0 Å². The summed E-state index contributed by atoms with van der Waals surface area (Å²) in [5.41, 5.74) is 0. The first kappa shape index (κ1) is 6.81. The van der Waals surface area contributed by atoms with Crippen molar-refractivity contribution in [1.29, 1.82) is 0 Å². The molecule has 0 amide bonds. The molecule has 0 aromatic heterocycles. The van der Waals surface area contributed by atoms with Gasteiger partial charge in [0.15, 0.2) is 0 Å². The number of nitrogens with zero attached hydrogens (tertiary/aromatic N) is 2. The molecule has 0 aromatic rings. The van der Waals surface area contributed by atoms with E-state index in [1.165, 1.54) is 4.86 Å². The smallest absolute Gasteiger partial charge is 0.0536 e. The third kappa shape index (κ3) is 1.82. The van der Waals surface area contributed by atoms with E-state index < -0.39 is 0 Å². The number of hydrogen-bond acceptors (Lipinski definition) is 2. The summed E-state index contributed by atoms with van der Waals surface area (Å²) in [5, 5.41) is 0. The number of hydrogen-bond donors (Lipinski definition) is 0. The van der Waals surface area contributed by atoms with E-state index in [4.69, 9.17) is 0 Å². The topological polar surface area (TPSA) is 24.7 Å². The predicted octanol–water partition coefficient (Wildman–Crippen LogP) is 1.59. The average molecular weight is 144 g/mol. The van der Waals surface area contributed by atoms with Gasteiger partial charge in [-0.05, 0) is 30.3 Å². The maximum atomic E-state index is 4.35. The quantitative estimate of drug-likeness (QED) is 0.461. The summed E-state index contributed by atoms with van der Waals surface area (Å²) in [7, 11) is -0.0297. The molecule has 9 heavy (non-hydrogen) atoms. The summed E-state index contributed by atoms with van der Waals surface area (Å²) in [4.78, 5) is 1.34. The fraction of sp³-hybridized carbons (Fsp3) is 0.833. The van der Waals surface area contributed by atoms with Crippen molar-refractivity contribution in [3.05, 3.63) is 0 Å². The van der Waals surface area contributed by atoms with Crippen molar-refractivity contribution in [2.45, 2.75) is 20.3 Å². The van der Waals surface area contributed by atoms with Crippen LogP contribution < -0.4 is 0 Å². The van der Waals surface area contributed by atoms with Gasteiger partial charge in [0.25, 0.3) is 0 Å². The van der Waals surface area contributed by atoms with E-state index >= 15 is 0 Å². The largest absolute Gasteiger partial charge is 0.224 e. The fourth-order valence-electron chi connectivity index (χ4n) is 0.672. The van der Waals surface area contributed by atoms with Crippen LogP contribution in [0.25, 0.3) is 0 Å². The van der Waals surface area contributed by atoms with Crippen LogP contribution in [0.4, 0.5) is 0 Å². The van der Waals surface area contributed by atoms with Gasteiger partial charge in [0, 0.05) is 4.86 Å². The fourth-order valence-corrected chi connectivity index (χ4v) is 1.87. The van der Waals surface area contributed by atoms with Gasteiger partial charge in [-0.15, -0.1) is 0 Å². The van der Waals surface area contributed by atoms with Crippen LogP contribution in [0.5, 0.6) is 0 Å². The molecule has 1 rings (SSSR count). The van der Waals surface area contributed by atoms with Crippen molar-refractivity contribution in [2.24, 2.45) is 8.73 Å². The molecule has 0 N–H and O–H groups in total. The Balaban J connectivity index is 3.07. The Kier molecular flexibility index (Phi) is 2.28. The minimum absolute atomic E-state index is 0.0297. The van der Waals surface area contributed by atoms with Gasteiger partial charge >= 0.3 is 0 Å². The molecule has 1 aliphatic heterocycles. The lowest BCUT2D eigenvalue weighted by atomic mass is 10.4. The molecule has 0 atom stereocenters. The molecule has 1 heterocycles. The first-order valence-corrected chi connectivity index (χ1v) is 4.34. The van der Waals surface area contributed by atoms with Gasteiger partial charge in [0.05, 0.1) is 13.1 Å². The average Bonchev–Trinajstić information content (AvgIpc) is 1.90. The monoisotopic (exact) mass is 144 g/mol. The lowest BCUT2D eigenvalue weighted by Crippen LogP contribution is -1.93. The molecular formula is C6H12N2S. The highest BCUT2D eigenvalue weighted by atomic mass is 32.1. The molecule has 0 unspecified atom stereocenters. The SMILES string of the molecule is CC(C)=S1=NCCCN=1. The van der Waals surface area contributed by atoms with E-state index in [2.05, 4.69) is 22.6 Å². The van der Waals surface area contributed by atoms with E-state index in [1.54, 1.807) is 0 Å². The standard InChI is InChI=1S/C6H12N2S/c1-6(2)9-7-4-3-5-8-9/h3-5H2,1-2H3. The molecule has 0 bridgehead atoms.